The highest BCUT2D eigenvalue weighted by molar-refractivity contribution is 6.30. The van der Waals surface area contributed by atoms with Crippen LogP contribution in [0.15, 0.2) is 48.5 Å². The lowest BCUT2D eigenvalue weighted by Crippen LogP contribution is -2.35. The maximum Gasteiger partial charge on any atom is 0.309 e. The van der Waals surface area contributed by atoms with E-state index in [0.29, 0.717) is 47.0 Å². The van der Waals surface area contributed by atoms with E-state index < -0.39 is 29.8 Å². The van der Waals surface area contributed by atoms with Gasteiger partial charge in [-0.15, -0.1) is 0 Å². The van der Waals surface area contributed by atoms with E-state index in [1.54, 1.807) is 30.3 Å². The molecule has 0 saturated carbocycles. The first kappa shape index (κ1) is 29.4. The topological polar surface area (TPSA) is 131 Å². The summed E-state index contributed by atoms with van der Waals surface area (Å²) in [7, 11) is 0. The molecule has 0 radical (unpaired) electrons. The van der Waals surface area contributed by atoms with Gasteiger partial charge in [0, 0.05) is 34.8 Å². The van der Waals surface area contributed by atoms with Crippen LogP contribution in [-0.4, -0.2) is 47.7 Å². The molecule has 10 heteroatoms. The largest absolute Gasteiger partial charge is 0.481 e. The van der Waals surface area contributed by atoms with Gasteiger partial charge < -0.3 is 25.6 Å². The number of nitrogens with one attached hydrogen (secondary N) is 1. The van der Waals surface area contributed by atoms with Gasteiger partial charge in [0.25, 0.3) is 0 Å². The number of likely N-dealkylation sites (tertiary alicyclic amines) is 1. The van der Waals surface area contributed by atoms with Crippen LogP contribution in [0.25, 0.3) is 0 Å². The zero-order valence-electron chi connectivity index (χ0n) is 23.8. The highest BCUT2D eigenvalue weighted by Crippen LogP contribution is 2.49. The van der Waals surface area contributed by atoms with Crippen molar-refractivity contribution in [1.82, 2.24) is 4.90 Å². The molecular formula is C32H34ClN3O6. The molecule has 3 aromatic carbocycles. The number of anilines is 1. The highest BCUT2D eigenvalue weighted by atomic mass is 35.5. The lowest BCUT2D eigenvalue weighted by molar-refractivity contribution is -0.143. The van der Waals surface area contributed by atoms with Gasteiger partial charge in [-0.1, -0.05) is 43.6 Å². The molecule has 3 aromatic rings. The molecule has 2 amide bonds. The molecule has 3 atom stereocenters. The molecule has 0 aromatic heterocycles. The number of carbonyl (C=O) groups is 3. The summed E-state index contributed by atoms with van der Waals surface area (Å²) in [5.74, 6) is -1.91. The van der Waals surface area contributed by atoms with Crippen molar-refractivity contribution in [3.63, 3.8) is 0 Å². The van der Waals surface area contributed by atoms with E-state index in [0.717, 1.165) is 27.9 Å². The second-order valence-corrected chi connectivity index (χ2v) is 11.1. The number of aryl methyl sites for hydroxylation is 2. The normalized spacial score (nSPS) is 19.6. The maximum atomic E-state index is 13.6. The summed E-state index contributed by atoms with van der Waals surface area (Å²) in [6.45, 7) is 6.28. The SMILES string of the molecule is CCc1cc(Cl)cc(CC)c1NC(=O)CN1C[C@H](c2ccc3c(c2C)OCO3)C(C(=O)O)[C@@H]1c1ccc(C(N)=O)cc1. The number of nitrogens with zero attached hydrogens (tertiary/aromatic N) is 1. The minimum Gasteiger partial charge on any atom is -0.481 e. The number of nitrogens with two attached hydrogens (primary N) is 1. The van der Waals surface area contributed by atoms with Crippen molar-refractivity contribution in [3.8, 4) is 11.5 Å². The number of benzene rings is 3. The van der Waals surface area contributed by atoms with Gasteiger partial charge in [-0.05, 0) is 77.9 Å². The van der Waals surface area contributed by atoms with Gasteiger partial charge in [0.05, 0.1) is 12.5 Å². The van der Waals surface area contributed by atoms with Crippen LogP contribution in [0, 0.1) is 12.8 Å². The number of aliphatic carboxylic acids is 1. The first-order chi connectivity index (χ1) is 20.1. The summed E-state index contributed by atoms with van der Waals surface area (Å²) in [5.41, 5.74) is 10.7. The number of carbonyl (C=O) groups excluding carboxylic acids is 2. The second-order valence-electron chi connectivity index (χ2n) is 10.7. The van der Waals surface area contributed by atoms with Crippen molar-refractivity contribution in [1.29, 1.82) is 0 Å². The zero-order valence-corrected chi connectivity index (χ0v) is 24.5. The molecule has 0 aliphatic carbocycles. The first-order valence-electron chi connectivity index (χ1n) is 14.0. The molecule has 0 bridgehead atoms. The van der Waals surface area contributed by atoms with Crippen LogP contribution < -0.4 is 20.5 Å². The quantitative estimate of drug-likeness (QED) is 0.316. The molecule has 2 aliphatic rings. The van der Waals surface area contributed by atoms with Crippen LogP contribution in [0.5, 0.6) is 11.5 Å². The van der Waals surface area contributed by atoms with E-state index >= 15 is 0 Å². The Morgan fingerprint density at radius 2 is 1.71 bits per heavy atom. The Labute approximate surface area is 249 Å². The van der Waals surface area contributed by atoms with Crippen LogP contribution >= 0.6 is 11.6 Å². The molecule has 5 rings (SSSR count). The lowest BCUT2D eigenvalue weighted by Gasteiger charge is -2.27. The molecule has 9 nitrogen and oxygen atoms in total. The molecule has 1 unspecified atom stereocenters. The number of carboxylic acids is 1. The summed E-state index contributed by atoms with van der Waals surface area (Å²) in [6.07, 6.45) is 1.38. The fourth-order valence-corrected chi connectivity index (χ4v) is 6.55. The Morgan fingerprint density at radius 3 is 2.31 bits per heavy atom. The number of primary amides is 1. The number of amides is 2. The van der Waals surface area contributed by atoms with Crippen LogP contribution in [0.2, 0.25) is 5.02 Å². The predicted octanol–water partition coefficient (Wildman–Crippen LogP) is 5.08. The Hall–Kier alpha value is -4.08. The third-order valence-electron chi connectivity index (χ3n) is 8.29. The summed E-state index contributed by atoms with van der Waals surface area (Å²) in [4.78, 5) is 40.2. The van der Waals surface area contributed by atoms with Crippen molar-refractivity contribution in [3.05, 3.63) is 86.9 Å². The molecule has 1 saturated heterocycles. The molecule has 42 heavy (non-hydrogen) atoms. The van der Waals surface area contributed by atoms with Crippen molar-refractivity contribution >= 4 is 35.1 Å². The summed E-state index contributed by atoms with van der Waals surface area (Å²) < 4.78 is 11.2. The van der Waals surface area contributed by atoms with Gasteiger partial charge in [-0.25, -0.2) is 0 Å². The Kier molecular flexibility index (Phi) is 8.43. The summed E-state index contributed by atoms with van der Waals surface area (Å²) >= 11 is 6.32. The number of ether oxygens (including phenoxy) is 2. The Bertz CT molecular complexity index is 1510. The zero-order chi connectivity index (χ0) is 30.1. The smallest absolute Gasteiger partial charge is 0.309 e. The number of rotatable bonds is 9. The number of hydrogen-bond donors (Lipinski definition) is 3. The molecular weight excluding hydrogens is 558 g/mol. The van der Waals surface area contributed by atoms with Crippen LogP contribution in [0.1, 0.15) is 64.0 Å². The van der Waals surface area contributed by atoms with Gasteiger partial charge in [0.1, 0.15) is 0 Å². The maximum absolute atomic E-state index is 13.6. The van der Waals surface area contributed by atoms with Crippen LogP contribution in [-0.2, 0) is 22.4 Å². The van der Waals surface area contributed by atoms with Crippen molar-refractivity contribution in [2.75, 3.05) is 25.2 Å². The highest BCUT2D eigenvalue weighted by Gasteiger charge is 2.48. The third-order valence-corrected chi connectivity index (χ3v) is 8.51. The van der Waals surface area contributed by atoms with E-state index in [4.69, 9.17) is 26.8 Å². The molecule has 220 valence electrons. The number of halogens is 1. The molecule has 2 heterocycles. The Morgan fingerprint density at radius 1 is 1.05 bits per heavy atom. The summed E-state index contributed by atoms with van der Waals surface area (Å²) in [6, 6.07) is 13.3. The second kappa shape index (κ2) is 12.0. The van der Waals surface area contributed by atoms with Crippen molar-refractivity contribution in [2.45, 2.75) is 45.6 Å². The van der Waals surface area contributed by atoms with Crippen LogP contribution in [0.4, 0.5) is 5.69 Å². The van der Waals surface area contributed by atoms with Gasteiger partial charge >= 0.3 is 5.97 Å². The molecule has 2 aliphatic heterocycles. The predicted molar refractivity (Wildman–Crippen MR) is 159 cm³/mol. The van der Waals surface area contributed by atoms with E-state index in [2.05, 4.69) is 5.32 Å². The van der Waals surface area contributed by atoms with Crippen molar-refractivity contribution in [2.24, 2.45) is 11.7 Å². The van der Waals surface area contributed by atoms with Gasteiger partial charge in [0.2, 0.25) is 18.6 Å². The molecule has 0 spiro atoms. The summed E-state index contributed by atoms with van der Waals surface area (Å²) in [5, 5.41) is 14.3. The average molecular weight is 592 g/mol. The van der Waals surface area contributed by atoms with Gasteiger partial charge in [-0.3, -0.25) is 19.3 Å². The lowest BCUT2D eigenvalue weighted by atomic mass is 9.81. The van der Waals surface area contributed by atoms with Gasteiger partial charge in [-0.2, -0.15) is 0 Å². The Balaban J connectivity index is 1.52. The fraction of sp³-hybridized carbons (Fsp3) is 0.344. The van der Waals surface area contributed by atoms with E-state index in [1.807, 2.05) is 43.9 Å². The minimum atomic E-state index is -0.983. The fourth-order valence-electron chi connectivity index (χ4n) is 6.29. The number of hydrogen-bond acceptors (Lipinski definition) is 6. The molecule has 4 N–H and O–H groups in total. The van der Waals surface area contributed by atoms with E-state index in [9.17, 15) is 19.5 Å². The molecule has 1 fully saturated rings. The monoisotopic (exact) mass is 591 g/mol. The number of carboxylic acid groups (broad SMARTS) is 1. The number of fused-ring (bicyclic) bond motifs is 1. The first-order valence-corrected chi connectivity index (χ1v) is 14.4. The third kappa shape index (κ3) is 5.54. The van der Waals surface area contributed by atoms with Gasteiger partial charge in [0.15, 0.2) is 11.5 Å². The van der Waals surface area contributed by atoms with Crippen LogP contribution in [0.3, 0.4) is 0 Å². The van der Waals surface area contributed by atoms with E-state index in [-0.39, 0.29) is 19.2 Å². The van der Waals surface area contributed by atoms with Crippen molar-refractivity contribution < 1.29 is 29.0 Å². The standard InChI is InChI=1S/C32H34ClN3O6/c1-4-18-12-22(33)13-19(5-2)28(18)35-26(37)15-36-14-24(23-10-11-25-30(17(23)3)42-16-41-25)27(32(39)40)29(36)20-6-8-21(9-7-20)31(34)38/h6-13,24,27,29H,4-5,14-16H2,1-3H3,(H2,34,38)(H,35,37)(H,39,40)/t24-,27?,29+/m1/s1. The van der Waals surface area contributed by atoms with E-state index in [1.165, 1.54) is 0 Å². The average Bonchev–Trinajstić information content (AvgIpc) is 3.59. The minimum absolute atomic E-state index is 0.0406.